The Balaban J connectivity index is 1.37. The van der Waals surface area contributed by atoms with Crippen molar-refractivity contribution >= 4 is 48.7 Å². The first-order valence-electron chi connectivity index (χ1n) is 11.8. The van der Waals surface area contributed by atoms with Crippen LogP contribution in [0, 0.1) is 5.82 Å². The van der Waals surface area contributed by atoms with Crippen molar-refractivity contribution in [3.05, 3.63) is 62.4 Å². The Labute approximate surface area is 221 Å². The van der Waals surface area contributed by atoms with Gasteiger partial charge in [0.1, 0.15) is 23.7 Å². The van der Waals surface area contributed by atoms with Gasteiger partial charge in [0.05, 0.1) is 11.1 Å². The van der Waals surface area contributed by atoms with E-state index in [-0.39, 0.29) is 11.4 Å². The van der Waals surface area contributed by atoms with Crippen LogP contribution in [0.3, 0.4) is 0 Å². The number of nitrogens with zero attached hydrogens (tertiary/aromatic N) is 2. The lowest BCUT2D eigenvalue weighted by Crippen LogP contribution is -2.36. The van der Waals surface area contributed by atoms with Crippen LogP contribution in [0.25, 0.3) is 10.9 Å². The van der Waals surface area contributed by atoms with Gasteiger partial charge in [-0.05, 0) is 90.6 Å². The number of ether oxygens (including phenoxy) is 2. The van der Waals surface area contributed by atoms with Gasteiger partial charge in [0.25, 0.3) is 0 Å². The summed E-state index contributed by atoms with van der Waals surface area (Å²) in [6.07, 6.45) is 4.12. The van der Waals surface area contributed by atoms with E-state index in [0.717, 1.165) is 43.4 Å². The van der Waals surface area contributed by atoms with E-state index in [1.54, 1.807) is 18.2 Å². The van der Waals surface area contributed by atoms with Gasteiger partial charge in [-0.15, -0.1) is 0 Å². The number of halogens is 3. The van der Waals surface area contributed by atoms with Gasteiger partial charge in [-0.25, -0.2) is 9.18 Å². The minimum absolute atomic E-state index is 0.123. The summed E-state index contributed by atoms with van der Waals surface area (Å²) in [6.45, 7) is 6.95. The zero-order chi connectivity index (χ0) is 24.9. The lowest BCUT2D eigenvalue weighted by molar-refractivity contribution is 0.0691. The van der Waals surface area contributed by atoms with Crippen molar-refractivity contribution < 1.29 is 23.8 Å². The number of piperidine rings is 1. The summed E-state index contributed by atoms with van der Waals surface area (Å²) in [5.41, 5.74) is 2.38. The molecule has 1 N–H and O–H groups in total. The number of rotatable bonds is 10. The second-order valence-corrected chi connectivity index (χ2v) is 10.4. The van der Waals surface area contributed by atoms with Crippen molar-refractivity contribution in [2.75, 3.05) is 39.5 Å². The van der Waals surface area contributed by atoms with E-state index in [4.69, 9.17) is 9.47 Å². The van der Waals surface area contributed by atoms with Crippen LogP contribution >= 0.6 is 31.9 Å². The number of hydrogen-bond acceptors (Lipinski definition) is 4. The summed E-state index contributed by atoms with van der Waals surface area (Å²) in [6, 6.07) is 8.35. The van der Waals surface area contributed by atoms with Crippen molar-refractivity contribution in [2.45, 2.75) is 32.2 Å². The molecule has 3 aromatic rings. The quantitative estimate of drug-likeness (QED) is 0.273. The molecule has 2 heterocycles. The van der Waals surface area contributed by atoms with Gasteiger partial charge in [-0.1, -0.05) is 15.9 Å². The molecule has 0 aliphatic carbocycles. The molecular weight excluding hydrogens is 583 g/mol. The summed E-state index contributed by atoms with van der Waals surface area (Å²) in [7, 11) is 0. The third-order valence-corrected chi connectivity index (χ3v) is 7.52. The van der Waals surface area contributed by atoms with Crippen LogP contribution < -0.4 is 4.74 Å². The Kier molecular flexibility index (Phi) is 8.86. The van der Waals surface area contributed by atoms with E-state index in [9.17, 15) is 14.3 Å². The second kappa shape index (κ2) is 11.9. The first kappa shape index (κ1) is 26.1. The second-order valence-electron chi connectivity index (χ2n) is 8.67. The van der Waals surface area contributed by atoms with Crippen molar-refractivity contribution in [2.24, 2.45) is 0 Å². The summed E-state index contributed by atoms with van der Waals surface area (Å²) >= 11 is 6.73. The normalized spacial score (nSPS) is 15.1. The Bertz CT molecular complexity index is 1190. The lowest BCUT2D eigenvalue weighted by Gasteiger charge is -2.32. The molecule has 0 bridgehead atoms. The van der Waals surface area contributed by atoms with E-state index in [0.29, 0.717) is 47.0 Å². The molecule has 0 spiro atoms. The molecule has 0 radical (unpaired) electrons. The van der Waals surface area contributed by atoms with Crippen LogP contribution in [0.5, 0.6) is 5.75 Å². The standard InChI is InChI=1S/C26H29Br2FN2O4/c1-2-34-11-10-31-16-22(20-15-19(29)3-4-24(20)31)17-5-7-30(8-6-17)9-12-35-25-21(26(32)33)13-18(27)14-23(25)28/h3-4,13-17H,2,5-12H2,1H3,(H,32,33). The summed E-state index contributed by atoms with van der Waals surface area (Å²) in [5, 5.41) is 10.5. The van der Waals surface area contributed by atoms with Crippen LogP contribution in [0.15, 0.2) is 45.5 Å². The third-order valence-electron chi connectivity index (χ3n) is 6.47. The zero-order valence-corrected chi connectivity index (χ0v) is 22.8. The highest BCUT2D eigenvalue weighted by atomic mass is 79.9. The summed E-state index contributed by atoms with van der Waals surface area (Å²) in [5.74, 6) is -0.531. The smallest absolute Gasteiger partial charge is 0.339 e. The molecule has 1 aliphatic heterocycles. The topological polar surface area (TPSA) is 63.9 Å². The molecule has 0 amide bonds. The highest BCUT2D eigenvalue weighted by molar-refractivity contribution is 9.11. The Morgan fingerprint density at radius 3 is 2.63 bits per heavy atom. The van der Waals surface area contributed by atoms with E-state index in [1.165, 1.54) is 11.6 Å². The average molecular weight is 612 g/mol. The molecule has 1 aromatic heterocycles. The number of fused-ring (bicyclic) bond motifs is 1. The van der Waals surface area contributed by atoms with Gasteiger partial charge in [0, 0.05) is 41.3 Å². The van der Waals surface area contributed by atoms with E-state index in [1.807, 2.05) is 13.0 Å². The third kappa shape index (κ3) is 6.25. The Hall–Kier alpha value is -1.94. The fourth-order valence-corrected chi connectivity index (χ4v) is 6.06. The fraction of sp³-hybridized carbons (Fsp3) is 0.423. The Morgan fingerprint density at radius 1 is 1.14 bits per heavy atom. The van der Waals surface area contributed by atoms with Crippen LogP contribution in [-0.2, 0) is 11.3 Å². The van der Waals surface area contributed by atoms with Crippen LogP contribution in [0.1, 0.15) is 41.6 Å². The largest absolute Gasteiger partial charge is 0.490 e. The average Bonchev–Trinajstić information content (AvgIpc) is 3.18. The summed E-state index contributed by atoms with van der Waals surface area (Å²) < 4.78 is 28.9. The van der Waals surface area contributed by atoms with Gasteiger partial charge < -0.3 is 19.1 Å². The number of carboxylic acids is 1. The SMILES string of the molecule is CCOCCn1cc(C2CCN(CCOc3c(Br)cc(Br)cc3C(=O)O)CC2)c2cc(F)ccc21. The molecule has 0 atom stereocenters. The Morgan fingerprint density at radius 2 is 1.91 bits per heavy atom. The van der Waals surface area contributed by atoms with Gasteiger partial charge in [0.15, 0.2) is 0 Å². The highest BCUT2D eigenvalue weighted by Gasteiger charge is 2.24. The number of carbonyl (C=O) groups is 1. The molecular formula is C26H29Br2FN2O4. The lowest BCUT2D eigenvalue weighted by atomic mass is 9.89. The van der Waals surface area contributed by atoms with Crippen molar-refractivity contribution in [3.8, 4) is 5.75 Å². The maximum absolute atomic E-state index is 14.1. The first-order chi connectivity index (χ1) is 16.9. The molecule has 1 fully saturated rings. The summed E-state index contributed by atoms with van der Waals surface area (Å²) in [4.78, 5) is 13.9. The molecule has 9 heteroatoms. The molecule has 188 valence electrons. The first-order valence-corrected chi connectivity index (χ1v) is 13.4. The number of aromatic carboxylic acids is 1. The minimum Gasteiger partial charge on any atom is -0.490 e. The molecule has 0 saturated carbocycles. The van der Waals surface area contributed by atoms with Crippen molar-refractivity contribution in [1.82, 2.24) is 9.47 Å². The van der Waals surface area contributed by atoms with E-state index in [2.05, 4.69) is 47.5 Å². The van der Waals surface area contributed by atoms with E-state index < -0.39 is 5.97 Å². The zero-order valence-electron chi connectivity index (χ0n) is 19.6. The highest BCUT2D eigenvalue weighted by Crippen LogP contribution is 2.36. The van der Waals surface area contributed by atoms with Crippen LogP contribution in [0.4, 0.5) is 4.39 Å². The number of aromatic nitrogens is 1. The number of carboxylic acid groups (broad SMARTS) is 1. The van der Waals surface area contributed by atoms with Crippen molar-refractivity contribution in [3.63, 3.8) is 0 Å². The minimum atomic E-state index is -1.03. The molecule has 0 unspecified atom stereocenters. The van der Waals surface area contributed by atoms with Crippen molar-refractivity contribution in [1.29, 1.82) is 0 Å². The van der Waals surface area contributed by atoms with Crippen LogP contribution in [-0.4, -0.2) is 60.0 Å². The van der Waals surface area contributed by atoms with Gasteiger partial charge in [-0.3, -0.25) is 4.90 Å². The predicted molar refractivity (Wildman–Crippen MR) is 141 cm³/mol. The predicted octanol–water partition coefficient (Wildman–Crippen LogP) is 6.30. The maximum atomic E-state index is 14.1. The molecule has 4 rings (SSSR count). The molecule has 1 saturated heterocycles. The molecule has 6 nitrogen and oxygen atoms in total. The monoisotopic (exact) mass is 610 g/mol. The maximum Gasteiger partial charge on any atom is 0.339 e. The molecule has 2 aromatic carbocycles. The van der Waals surface area contributed by atoms with Crippen LogP contribution in [0.2, 0.25) is 0 Å². The van der Waals surface area contributed by atoms with Gasteiger partial charge in [-0.2, -0.15) is 0 Å². The molecule has 35 heavy (non-hydrogen) atoms. The number of benzene rings is 2. The number of hydrogen-bond donors (Lipinski definition) is 1. The van der Waals surface area contributed by atoms with Gasteiger partial charge in [0.2, 0.25) is 0 Å². The molecule has 1 aliphatic rings. The van der Waals surface area contributed by atoms with Gasteiger partial charge >= 0.3 is 5.97 Å². The van der Waals surface area contributed by atoms with E-state index >= 15 is 0 Å². The number of likely N-dealkylation sites (tertiary alicyclic amines) is 1. The fourth-order valence-electron chi connectivity index (χ4n) is 4.72.